The SMILES string of the molecule is CCOc1ccc(C(=O)Nc2cccc3oc(=O)[nH]c23)cc1[N+](=O)[O-]. The molecule has 0 bridgehead atoms. The number of anilines is 1. The first-order valence-corrected chi connectivity index (χ1v) is 7.34. The van der Waals surface area contributed by atoms with Crippen molar-refractivity contribution in [2.24, 2.45) is 0 Å². The molecule has 0 unspecified atom stereocenters. The topological polar surface area (TPSA) is 127 Å². The van der Waals surface area contributed by atoms with Crippen LogP contribution in [0.5, 0.6) is 5.75 Å². The molecular weight excluding hydrogens is 330 g/mol. The normalized spacial score (nSPS) is 10.6. The highest BCUT2D eigenvalue weighted by molar-refractivity contribution is 6.08. The number of aromatic amines is 1. The highest BCUT2D eigenvalue weighted by Crippen LogP contribution is 2.28. The lowest BCUT2D eigenvalue weighted by molar-refractivity contribution is -0.385. The van der Waals surface area contributed by atoms with Crippen molar-refractivity contribution < 1.29 is 18.9 Å². The van der Waals surface area contributed by atoms with E-state index in [1.54, 1.807) is 25.1 Å². The van der Waals surface area contributed by atoms with Crippen LogP contribution in [0.3, 0.4) is 0 Å². The summed E-state index contributed by atoms with van der Waals surface area (Å²) in [6.07, 6.45) is 0. The number of hydrogen-bond donors (Lipinski definition) is 2. The van der Waals surface area contributed by atoms with E-state index in [4.69, 9.17) is 9.15 Å². The Morgan fingerprint density at radius 3 is 2.88 bits per heavy atom. The van der Waals surface area contributed by atoms with E-state index < -0.39 is 16.6 Å². The van der Waals surface area contributed by atoms with Crippen molar-refractivity contribution in [2.75, 3.05) is 11.9 Å². The second-order valence-electron chi connectivity index (χ2n) is 5.02. The molecule has 1 aromatic heterocycles. The van der Waals surface area contributed by atoms with Gasteiger partial charge in [-0.05, 0) is 31.2 Å². The zero-order valence-electron chi connectivity index (χ0n) is 13.1. The van der Waals surface area contributed by atoms with Crippen LogP contribution in [0, 0.1) is 10.1 Å². The van der Waals surface area contributed by atoms with Crippen molar-refractivity contribution >= 4 is 28.4 Å². The average Bonchev–Trinajstić information content (AvgIpc) is 2.96. The Hall–Kier alpha value is -3.62. The average molecular weight is 343 g/mol. The van der Waals surface area contributed by atoms with E-state index in [-0.39, 0.29) is 23.6 Å². The summed E-state index contributed by atoms with van der Waals surface area (Å²) in [6.45, 7) is 1.97. The van der Waals surface area contributed by atoms with Crippen LogP contribution in [0.4, 0.5) is 11.4 Å². The largest absolute Gasteiger partial charge is 0.487 e. The molecule has 3 aromatic rings. The number of para-hydroxylation sites is 1. The molecular formula is C16H13N3O6. The van der Waals surface area contributed by atoms with Crippen molar-refractivity contribution in [3.8, 4) is 5.75 Å². The molecule has 2 N–H and O–H groups in total. The van der Waals surface area contributed by atoms with Gasteiger partial charge in [0.15, 0.2) is 11.3 Å². The second-order valence-corrected chi connectivity index (χ2v) is 5.02. The molecule has 0 saturated carbocycles. The standard InChI is InChI=1S/C16H13N3O6/c1-2-24-12-7-6-9(8-11(12)19(22)23)15(20)17-10-4-3-5-13-14(10)18-16(21)25-13/h3-8H,2H2,1H3,(H,17,20)(H,18,21). The number of hydrogen-bond acceptors (Lipinski definition) is 6. The first-order chi connectivity index (χ1) is 12.0. The number of aromatic nitrogens is 1. The van der Waals surface area contributed by atoms with Gasteiger partial charge in [0.1, 0.15) is 5.52 Å². The summed E-state index contributed by atoms with van der Waals surface area (Å²) in [7, 11) is 0. The van der Waals surface area contributed by atoms with Gasteiger partial charge in [0.2, 0.25) is 0 Å². The smallest absolute Gasteiger partial charge is 0.417 e. The number of fused-ring (bicyclic) bond motifs is 1. The number of carbonyl (C=O) groups is 1. The zero-order chi connectivity index (χ0) is 18.0. The number of nitrogens with one attached hydrogen (secondary N) is 2. The zero-order valence-corrected chi connectivity index (χ0v) is 13.1. The van der Waals surface area contributed by atoms with E-state index in [1.165, 1.54) is 12.1 Å². The summed E-state index contributed by atoms with van der Waals surface area (Å²) in [5.41, 5.74) is 0.731. The van der Waals surface area contributed by atoms with Crippen molar-refractivity contribution in [1.82, 2.24) is 4.98 Å². The third kappa shape index (κ3) is 3.20. The first-order valence-electron chi connectivity index (χ1n) is 7.34. The molecule has 0 aliphatic heterocycles. The quantitative estimate of drug-likeness (QED) is 0.541. The van der Waals surface area contributed by atoms with E-state index in [9.17, 15) is 19.7 Å². The second kappa shape index (κ2) is 6.48. The van der Waals surface area contributed by atoms with Crippen LogP contribution in [0.25, 0.3) is 11.1 Å². The Labute approximate surface area is 140 Å². The number of benzene rings is 2. The monoisotopic (exact) mass is 343 g/mol. The summed E-state index contributed by atoms with van der Waals surface area (Å²) in [5, 5.41) is 13.7. The molecule has 0 atom stereocenters. The lowest BCUT2D eigenvalue weighted by Crippen LogP contribution is -2.13. The summed E-state index contributed by atoms with van der Waals surface area (Å²) in [4.78, 5) is 36.7. The number of nitro groups is 1. The highest BCUT2D eigenvalue weighted by atomic mass is 16.6. The van der Waals surface area contributed by atoms with E-state index >= 15 is 0 Å². The van der Waals surface area contributed by atoms with Gasteiger partial charge in [-0.2, -0.15) is 0 Å². The Morgan fingerprint density at radius 1 is 1.36 bits per heavy atom. The first kappa shape index (κ1) is 16.2. The van der Waals surface area contributed by atoms with Gasteiger partial charge in [-0.25, -0.2) is 4.79 Å². The molecule has 128 valence electrons. The predicted octanol–water partition coefficient (Wildman–Crippen LogP) is 2.68. The van der Waals surface area contributed by atoms with Crippen molar-refractivity contribution in [1.29, 1.82) is 0 Å². The number of rotatable bonds is 5. The molecule has 3 rings (SSSR count). The predicted molar refractivity (Wildman–Crippen MR) is 89.1 cm³/mol. The van der Waals surface area contributed by atoms with Crippen LogP contribution in [-0.4, -0.2) is 22.4 Å². The number of nitro benzene ring substituents is 1. The maximum absolute atomic E-state index is 12.4. The summed E-state index contributed by atoms with van der Waals surface area (Å²) in [6, 6.07) is 8.69. The van der Waals surface area contributed by atoms with Gasteiger partial charge in [-0.3, -0.25) is 19.9 Å². The minimum absolute atomic E-state index is 0.0815. The van der Waals surface area contributed by atoms with Gasteiger partial charge in [0.05, 0.1) is 17.2 Å². The fraction of sp³-hybridized carbons (Fsp3) is 0.125. The van der Waals surface area contributed by atoms with E-state index in [2.05, 4.69) is 10.3 Å². The third-order valence-corrected chi connectivity index (χ3v) is 3.42. The van der Waals surface area contributed by atoms with Crippen LogP contribution in [0.1, 0.15) is 17.3 Å². The molecule has 9 heteroatoms. The fourth-order valence-electron chi connectivity index (χ4n) is 2.35. The van der Waals surface area contributed by atoms with Crippen molar-refractivity contribution in [3.63, 3.8) is 0 Å². The van der Waals surface area contributed by atoms with Crippen LogP contribution >= 0.6 is 0 Å². The van der Waals surface area contributed by atoms with Crippen LogP contribution in [0.2, 0.25) is 0 Å². The molecule has 0 spiro atoms. The lowest BCUT2D eigenvalue weighted by Gasteiger charge is -2.08. The Bertz CT molecular complexity index is 1020. The minimum atomic E-state index is -0.645. The summed E-state index contributed by atoms with van der Waals surface area (Å²) < 4.78 is 10.1. The van der Waals surface area contributed by atoms with Gasteiger partial charge in [-0.1, -0.05) is 6.07 Å². The lowest BCUT2D eigenvalue weighted by atomic mass is 10.1. The number of oxazole rings is 1. The Balaban J connectivity index is 1.94. The van der Waals surface area contributed by atoms with E-state index in [0.717, 1.165) is 6.07 Å². The van der Waals surface area contributed by atoms with Gasteiger partial charge in [0, 0.05) is 11.6 Å². The number of amides is 1. The molecule has 1 amide bonds. The maximum Gasteiger partial charge on any atom is 0.417 e. The van der Waals surface area contributed by atoms with Gasteiger partial charge in [0.25, 0.3) is 5.91 Å². The number of ether oxygens (including phenoxy) is 1. The van der Waals surface area contributed by atoms with E-state index in [0.29, 0.717) is 16.8 Å². The molecule has 1 heterocycles. The Morgan fingerprint density at radius 2 is 2.16 bits per heavy atom. The number of carbonyl (C=O) groups excluding carboxylic acids is 1. The molecule has 25 heavy (non-hydrogen) atoms. The van der Waals surface area contributed by atoms with Gasteiger partial charge in [-0.15, -0.1) is 0 Å². The molecule has 0 fully saturated rings. The van der Waals surface area contributed by atoms with Crippen LogP contribution in [-0.2, 0) is 0 Å². The molecule has 2 aromatic carbocycles. The van der Waals surface area contributed by atoms with E-state index in [1.807, 2.05) is 0 Å². The third-order valence-electron chi connectivity index (χ3n) is 3.42. The van der Waals surface area contributed by atoms with Gasteiger partial charge >= 0.3 is 11.4 Å². The molecule has 0 saturated heterocycles. The summed E-state index contributed by atoms with van der Waals surface area (Å²) in [5.74, 6) is -1.13. The molecule has 0 aliphatic rings. The van der Waals surface area contributed by atoms with Crippen LogP contribution < -0.4 is 15.8 Å². The van der Waals surface area contributed by atoms with Gasteiger partial charge < -0.3 is 14.5 Å². The fourth-order valence-corrected chi connectivity index (χ4v) is 2.35. The highest BCUT2D eigenvalue weighted by Gasteiger charge is 2.19. The van der Waals surface area contributed by atoms with Crippen LogP contribution in [0.15, 0.2) is 45.6 Å². The molecule has 9 nitrogen and oxygen atoms in total. The number of nitrogens with zero attached hydrogens (tertiary/aromatic N) is 1. The number of H-pyrrole nitrogens is 1. The van der Waals surface area contributed by atoms with Crippen molar-refractivity contribution in [2.45, 2.75) is 6.92 Å². The summed E-state index contributed by atoms with van der Waals surface area (Å²) >= 11 is 0. The maximum atomic E-state index is 12.4. The minimum Gasteiger partial charge on any atom is -0.487 e. The Kier molecular flexibility index (Phi) is 4.21. The molecule has 0 radical (unpaired) electrons. The molecule has 0 aliphatic carbocycles. The van der Waals surface area contributed by atoms with Crippen molar-refractivity contribution in [3.05, 3.63) is 62.6 Å².